The van der Waals surface area contributed by atoms with Gasteiger partial charge in [-0.15, -0.1) is 0 Å². The van der Waals surface area contributed by atoms with E-state index in [1.54, 1.807) is 0 Å². The number of hydroxylamine groups is 1. The van der Waals surface area contributed by atoms with Crippen LogP contribution in [0.25, 0.3) is 0 Å². The zero-order valence-electron chi connectivity index (χ0n) is 4.89. The van der Waals surface area contributed by atoms with Crippen molar-refractivity contribution in [2.45, 2.75) is 18.9 Å². The number of quaternary nitrogens is 1. The summed E-state index contributed by atoms with van der Waals surface area (Å²) in [7, 11) is 0. The van der Waals surface area contributed by atoms with Crippen LogP contribution in [0.4, 0.5) is 0 Å². The van der Waals surface area contributed by atoms with E-state index in [-0.39, 0.29) is 0 Å². The zero-order chi connectivity index (χ0) is 5.82. The van der Waals surface area contributed by atoms with E-state index < -0.39 is 0 Å². The second-order valence-corrected chi connectivity index (χ2v) is 2.20. The highest BCUT2D eigenvalue weighted by Gasteiger charge is 2.12. The molecule has 3 nitrogen and oxygen atoms in total. The molecule has 0 aliphatic carbocycles. The van der Waals surface area contributed by atoms with Gasteiger partial charge in [-0.25, -0.2) is 0 Å². The van der Waals surface area contributed by atoms with Crippen molar-refractivity contribution in [2.75, 3.05) is 13.1 Å². The average Bonchev–Trinajstić information content (AvgIpc) is 2.19. The van der Waals surface area contributed by atoms with Gasteiger partial charge < -0.3 is 16.0 Å². The van der Waals surface area contributed by atoms with Crippen molar-refractivity contribution in [2.24, 2.45) is 0 Å². The fourth-order valence-electron chi connectivity index (χ4n) is 1.07. The van der Waals surface area contributed by atoms with Crippen molar-refractivity contribution >= 4 is 0 Å². The molecule has 0 unspecified atom stereocenters. The first kappa shape index (κ1) is 6.01. The Balaban J connectivity index is 2.06. The van der Waals surface area contributed by atoms with Crippen LogP contribution in [0.3, 0.4) is 0 Å². The summed E-state index contributed by atoms with van der Waals surface area (Å²) in [6.45, 7) is 1.79. The van der Waals surface area contributed by atoms with Crippen LogP contribution in [-0.4, -0.2) is 19.1 Å². The van der Waals surface area contributed by atoms with E-state index in [2.05, 4.69) is 5.32 Å². The molecular weight excluding hydrogens is 104 g/mol. The Labute approximate surface area is 49.0 Å². The van der Waals surface area contributed by atoms with Crippen LogP contribution in [0.15, 0.2) is 0 Å². The number of hydrogen-bond donors (Lipinski definition) is 2. The summed E-state index contributed by atoms with van der Waals surface area (Å²) in [6, 6.07) is 0.493. The summed E-state index contributed by atoms with van der Waals surface area (Å²) in [5, 5.41) is 13.1. The van der Waals surface area contributed by atoms with Gasteiger partial charge in [-0.1, -0.05) is 0 Å². The van der Waals surface area contributed by atoms with E-state index in [0.717, 1.165) is 12.0 Å². The normalized spacial score (nSPS) is 28.9. The van der Waals surface area contributed by atoms with Gasteiger partial charge in [0.1, 0.15) is 0 Å². The SMILES string of the molecule is [O-][NH2+]C[C@@H]1CCCN1. The standard InChI is InChI=1S/C5H12N2O/c8-7-4-5-2-1-3-6-5/h5-6H,1-4,7H2/t5-/m0/s1. The van der Waals surface area contributed by atoms with Crippen LogP contribution in [0.2, 0.25) is 0 Å². The molecule has 8 heavy (non-hydrogen) atoms. The number of nitrogens with one attached hydrogen (secondary N) is 1. The van der Waals surface area contributed by atoms with Crippen molar-refractivity contribution in [3.8, 4) is 0 Å². The molecule has 3 heteroatoms. The third-order valence-corrected chi connectivity index (χ3v) is 1.54. The number of nitrogens with two attached hydrogens (primary N) is 1. The lowest BCUT2D eigenvalue weighted by Crippen LogP contribution is -2.80. The zero-order valence-corrected chi connectivity index (χ0v) is 4.89. The second-order valence-electron chi connectivity index (χ2n) is 2.20. The van der Waals surface area contributed by atoms with Crippen molar-refractivity contribution < 1.29 is 5.48 Å². The minimum atomic E-state index is 0.493. The highest BCUT2D eigenvalue weighted by atomic mass is 16.5. The predicted octanol–water partition coefficient (Wildman–Crippen LogP) is -1.20. The van der Waals surface area contributed by atoms with Crippen molar-refractivity contribution in [3.63, 3.8) is 0 Å². The Morgan fingerprint density at radius 2 is 2.62 bits per heavy atom. The van der Waals surface area contributed by atoms with E-state index in [4.69, 9.17) is 0 Å². The molecule has 0 amide bonds. The summed E-state index contributed by atoms with van der Waals surface area (Å²) < 4.78 is 0. The second kappa shape index (κ2) is 3.02. The quantitative estimate of drug-likeness (QED) is 0.445. The Kier molecular flexibility index (Phi) is 2.27. The fraction of sp³-hybridized carbons (Fsp3) is 1.00. The van der Waals surface area contributed by atoms with Gasteiger partial charge >= 0.3 is 0 Å². The van der Waals surface area contributed by atoms with Gasteiger partial charge in [0.25, 0.3) is 0 Å². The van der Waals surface area contributed by atoms with Gasteiger partial charge in [-0.3, -0.25) is 0 Å². The maximum absolute atomic E-state index is 9.92. The lowest BCUT2D eigenvalue weighted by atomic mass is 10.2. The molecule has 0 bridgehead atoms. The monoisotopic (exact) mass is 116 g/mol. The Hall–Kier alpha value is -0.120. The molecule has 1 aliphatic heterocycles. The summed E-state index contributed by atoms with van der Waals surface area (Å²) in [4.78, 5) is 0. The molecule has 0 aromatic carbocycles. The van der Waals surface area contributed by atoms with Crippen LogP contribution >= 0.6 is 0 Å². The Morgan fingerprint density at radius 3 is 3.12 bits per heavy atom. The minimum Gasteiger partial charge on any atom is -0.636 e. The first-order valence-electron chi connectivity index (χ1n) is 3.10. The van der Waals surface area contributed by atoms with Crippen molar-refractivity contribution in [1.29, 1.82) is 0 Å². The third kappa shape index (κ3) is 1.43. The molecular formula is C5H12N2O. The number of rotatable bonds is 2. The molecule has 1 atom stereocenters. The summed E-state index contributed by atoms with van der Waals surface area (Å²) in [5.74, 6) is 0. The van der Waals surface area contributed by atoms with Gasteiger partial charge in [0, 0.05) is 0 Å². The van der Waals surface area contributed by atoms with Crippen LogP contribution in [-0.2, 0) is 0 Å². The molecule has 0 saturated carbocycles. The molecule has 1 saturated heterocycles. The van der Waals surface area contributed by atoms with E-state index in [0.29, 0.717) is 12.6 Å². The molecule has 1 aliphatic rings. The fourth-order valence-corrected chi connectivity index (χ4v) is 1.07. The number of hydrogen-bond acceptors (Lipinski definition) is 2. The van der Waals surface area contributed by atoms with E-state index in [9.17, 15) is 5.21 Å². The van der Waals surface area contributed by atoms with Crippen LogP contribution < -0.4 is 10.8 Å². The van der Waals surface area contributed by atoms with Crippen molar-refractivity contribution in [1.82, 2.24) is 5.32 Å². The molecule has 0 aromatic heterocycles. The maximum Gasteiger partial charge on any atom is 0.0908 e. The van der Waals surface area contributed by atoms with Gasteiger partial charge in [-0.05, 0) is 19.4 Å². The van der Waals surface area contributed by atoms with Crippen LogP contribution in [0.1, 0.15) is 12.8 Å². The van der Waals surface area contributed by atoms with Crippen LogP contribution in [0, 0.1) is 5.21 Å². The largest absolute Gasteiger partial charge is 0.636 e. The van der Waals surface area contributed by atoms with E-state index in [1.807, 2.05) is 0 Å². The molecule has 48 valence electrons. The summed E-state index contributed by atoms with van der Waals surface area (Å²) in [5.41, 5.74) is 0.989. The Morgan fingerprint density at radius 1 is 1.75 bits per heavy atom. The Bertz CT molecular complexity index is 61.4. The van der Waals surface area contributed by atoms with Crippen LogP contribution in [0.5, 0.6) is 0 Å². The molecule has 3 N–H and O–H groups in total. The van der Waals surface area contributed by atoms with E-state index >= 15 is 0 Å². The molecule has 0 spiro atoms. The van der Waals surface area contributed by atoms with Gasteiger partial charge in [0.05, 0.1) is 12.6 Å². The highest BCUT2D eigenvalue weighted by Crippen LogP contribution is 2.01. The topological polar surface area (TPSA) is 51.7 Å². The first-order chi connectivity index (χ1) is 3.93. The first-order valence-corrected chi connectivity index (χ1v) is 3.10. The average molecular weight is 116 g/mol. The maximum atomic E-state index is 9.92. The van der Waals surface area contributed by atoms with E-state index in [1.165, 1.54) is 12.8 Å². The molecule has 0 aromatic rings. The van der Waals surface area contributed by atoms with Crippen molar-refractivity contribution in [3.05, 3.63) is 5.21 Å². The third-order valence-electron chi connectivity index (χ3n) is 1.54. The highest BCUT2D eigenvalue weighted by molar-refractivity contribution is 4.71. The minimum absolute atomic E-state index is 0.493. The van der Waals surface area contributed by atoms with Gasteiger partial charge in [-0.2, -0.15) is 0 Å². The molecule has 1 fully saturated rings. The smallest absolute Gasteiger partial charge is 0.0908 e. The molecule has 1 heterocycles. The summed E-state index contributed by atoms with van der Waals surface area (Å²) >= 11 is 0. The lowest BCUT2D eigenvalue weighted by molar-refractivity contribution is -0.591. The predicted molar refractivity (Wildman–Crippen MR) is 31.2 cm³/mol. The van der Waals surface area contributed by atoms with Gasteiger partial charge in [0.15, 0.2) is 0 Å². The summed E-state index contributed by atoms with van der Waals surface area (Å²) in [6.07, 6.45) is 2.41. The van der Waals surface area contributed by atoms with Gasteiger partial charge in [0.2, 0.25) is 0 Å². The molecule has 0 radical (unpaired) electrons. The lowest BCUT2D eigenvalue weighted by Gasteiger charge is -2.08. The molecule has 1 rings (SSSR count).